The van der Waals surface area contributed by atoms with Gasteiger partial charge < -0.3 is 5.11 Å². The van der Waals surface area contributed by atoms with Crippen molar-refractivity contribution >= 4 is 16.7 Å². The van der Waals surface area contributed by atoms with E-state index in [-0.39, 0.29) is 6.42 Å². The molecule has 0 saturated carbocycles. The fraction of sp³-hybridized carbons (Fsp3) is 0.353. The van der Waals surface area contributed by atoms with E-state index in [1.165, 1.54) is 24.8 Å². The van der Waals surface area contributed by atoms with Gasteiger partial charge in [0.1, 0.15) is 0 Å². The highest BCUT2D eigenvalue weighted by molar-refractivity contribution is 5.89. The van der Waals surface area contributed by atoms with E-state index in [1.54, 1.807) is 0 Å². The summed E-state index contributed by atoms with van der Waals surface area (Å²) in [6, 6.07) is 12.3. The van der Waals surface area contributed by atoms with Crippen molar-refractivity contribution in [1.82, 2.24) is 0 Å². The lowest BCUT2D eigenvalue weighted by atomic mass is 9.98. The molecule has 0 spiro atoms. The van der Waals surface area contributed by atoms with E-state index in [2.05, 4.69) is 25.1 Å². The second kappa shape index (κ2) is 6.37. The number of unbranched alkanes of at least 4 members (excludes halogenated alkanes) is 2. The largest absolute Gasteiger partial charge is 0.481 e. The average molecular weight is 256 g/mol. The molecule has 2 nitrogen and oxygen atoms in total. The summed E-state index contributed by atoms with van der Waals surface area (Å²) in [6.07, 6.45) is 4.83. The van der Waals surface area contributed by atoms with Gasteiger partial charge in [-0.3, -0.25) is 4.79 Å². The number of rotatable bonds is 6. The zero-order valence-electron chi connectivity index (χ0n) is 11.4. The predicted molar refractivity (Wildman–Crippen MR) is 78.5 cm³/mol. The number of aliphatic carboxylic acids is 1. The Morgan fingerprint density at radius 2 is 2.00 bits per heavy atom. The monoisotopic (exact) mass is 256 g/mol. The van der Waals surface area contributed by atoms with Crippen LogP contribution in [0.25, 0.3) is 10.8 Å². The maximum absolute atomic E-state index is 10.9. The maximum Gasteiger partial charge on any atom is 0.307 e. The molecule has 0 radical (unpaired) electrons. The van der Waals surface area contributed by atoms with Crippen LogP contribution in [0.3, 0.4) is 0 Å². The zero-order chi connectivity index (χ0) is 13.7. The summed E-state index contributed by atoms with van der Waals surface area (Å²) in [5.41, 5.74) is 2.21. The smallest absolute Gasteiger partial charge is 0.307 e. The Hall–Kier alpha value is -1.83. The molecule has 0 atom stereocenters. The van der Waals surface area contributed by atoms with Gasteiger partial charge in [-0.05, 0) is 34.7 Å². The number of aryl methyl sites for hydroxylation is 1. The van der Waals surface area contributed by atoms with Crippen LogP contribution >= 0.6 is 0 Å². The van der Waals surface area contributed by atoms with Crippen LogP contribution in [-0.4, -0.2) is 11.1 Å². The number of fused-ring (bicyclic) bond motifs is 1. The number of carbonyl (C=O) groups is 1. The molecule has 0 aliphatic rings. The normalized spacial score (nSPS) is 10.8. The van der Waals surface area contributed by atoms with Crippen molar-refractivity contribution in [2.45, 2.75) is 39.0 Å². The SMILES string of the molecule is CCCCCc1ccc2cccc(CC(=O)O)c2c1. The van der Waals surface area contributed by atoms with E-state index in [9.17, 15) is 4.79 Å². The Balaban J connectivity index is 2.30. The summed E-state index contributed by atoms with van der Waals surface area (Å²) >= 11 is 0. The van der Waals surface area contributed by atoms with Gasteiger partial charge in [0, 0.05) is 0 Å². The maximum atomic E-state index is 10.9. The lowest BCUT2D eigenvalue weighted by Crippen LogP contribution is -2.00. The van der Waals surface area contributed by atoms with E-state index in [1.807, 2.05) is 18.2 Å². The molecule has 19 heavy (non-hydrogen) atoms. The molecule has 0 fully saturated rings. The molecule has 0 heterocycles. The molecule has 2 rings (SSSR count). The van der Waals surface area contributed by atoms with Crippen LogP contribution in [0.2, 0.25) is 0 Å². The van der Waals surface area contributed by atoms with E-state index in [0.29, 0.717) is 0 Å². The standard InChI is InChI=1S/C17H20O2/c1-2-3-4-6-13-9-10-14-7-5-8-15(12-17(18)19)16(14)11-13/h5,7-11H,2-4,6,12H2,1H3,(H,18,19). The molecular weight excluding hydrogens is 236 g/mol. The first-order valence-corrected chi connectivity index (χ1v) is 6.93. The van der Waals surface area contributed by atoms with Gasteiger partial charge in [0.05, 0.1) is 6.42 Å². The van der Waals surface area contributed by atoms with Crippen molar-refractivity contribution in [2.75, 3.05) is 0 Å². The van der Waals surface area contributed by atoms with Gasteiger partial charge in [0.15, 0.2) is 0 Å². The molecule has 0 amide bonds. The number of carboxylic acids is 1. The minimum atomic E-state index is -0.774. The van der Waals surface area contributed by atoms with Crippen molar-refractivity contribution < 1.29 is 9.90 Å². The Labute approximate surface area is 114 Å². The van der Waals surface area contributed by atoms with Crippen molar-refractivity contribution in [3.8, 4) is 0 Å². The minimum Gasteiger partial charge on any atom is -0.481 e. The molecule has 1 N–H and O–H groups in total. The fourth-order valence-electron chi connectivity index (χ4n) is 2.44. The lowest BCUT2D eigenvalue weighted by molar-refractivity contribution is -0.136. The van der Waals surface area contributed by atoms with Gasteiger partial charge in [-0.1, -0.05) is 56.2 Å². The second-order valence-electron chi connectivity index (χ2n) is 5.00. The summed E-state index contributed by atoms with van der Waals surface area (Å²) in [6.45, 7) is 2.20. The van der Waals surface area contributed by atoms with Gasteiger partial charge >= 0.3 is 5.97 Å². The average Bonchev–Trinajstić information content (AvgIpc) is 2.39. The quantitative estimate of drug-likeness (QED) is 0.786. The first-order chi connectivity index (χ1) is 9.20. The minimum absolute atomic E-state index is 0.0930. The van der Waals surface area contributed by atoms with Crippen LogP contribution in [0.15, 0.2) is 36.4 Å². The summed E-state index contributed by atoms with van der Waals surface area (Å²) in [5, 5.41) is 11.2. The number of hydrogen-bond donors (Lipinski definition) is 1. The van der Waals surface area contributed by atoms with Crippen molar-refractivity contribution in [2.24, 2.45) is 0 Å². The molecule has 0 aliphatic heterocycles. The highest BCUT2D eigenvalue weighted by Crippen LogP contribution is 2.22. The predicted octanol–water partition coefficient (Wildman–Crippen LogP) is 4.20. The molecule has 100 valence electrons. The van der Waals surface area contributed by atoms with E-state index in [4.69, 9.17) is 5.11 Å². The molecule has 2 aromatic carbocycles. The Morgan fingerprint density at radius 3 is 2.74 bits per heavy atom. The van der Waals surface area contributed by atoms with Crippen molar-refractivity contribution in [3.63, 3.8) is 0 Å². The lowest BCUT2D eigenvalue weighted by Gasteiger charge is -2.07. The van der Waals surface area contributed by atoms with Gasteiger partial charge in [-0.15, -0.1) is 0 Å². The van der Waals surface area contributed by atoms with Crippen molar-refractivity contribution in [1.29, 1.82) is 0 Å². The van der Waals surface area contributed by atoms with Gasteiger partial charge in [0.2, 0.25) is 0 Å². The highest BCUT2D eigenvalue weighted by Gasteiger charge is 2.06. The molecule has 0 saturated heterocycles. The Bertz CT molecular complexity index is 572. The van der Waals surface area contributed by atoms with E-state index in [0.717, 1.165) is 22.8 Å². The molecule has 0 unspecified atom stereocenters. The number of carboxylic acid groups (broad SMARTS) is 1. The third-order valence-electron chi connectivity index (χ3n) is 3.45. The van der Waals surface area contributed by atoms with Crippen LogP contribution in [0.5, 0.6) is 0 Å². The van der Waals surface area contributed by atoms with Gasteiger partial charge in [-0.2, -0.15) is 0 Å². The van der Waals surface area contributed by atoms with E-state index >= 15 is 0 Å². The Morgan fingerprint density at radius 1 is 1.16 bits per heavy atom. The Kier molecular flexibility index (Phi) is 4.56. The van der Waals surface area contributed by atoms with Crippen LogP contribution in [0, 0.1) is 0 Å². The van der Waals surface area contributed by atoms with Gasteiger partial charge in [-0.25, -0.2) is 0 Å². The molecular formula is C17H20O2. The first kappa shape index (κ1) is 13.6. The van der Waals surface area contributed by atoms with Gasteiger partial charge in [0.25, 0.3) is 0 Å². The second-order valence-corrected chi connectivity index (χ2v) is 5.00. The molecule has 0 aliphatic carbocycles. The third-order valence-corrected chi connectivity index (χ3v) is 3.45. The van der Waals surface area contributed by atoms with Crippen LogP contribution < -0.4 is 0 Å². The van der Waals surface area contributed by atoms with Crippen LogP contribution in [-0.2, 0) is 17.6 Å². The molecule has 2 heteroatoms. The third kappa shape index (κ3) is 3.57. The van der Waals surface area contributed by atoms with Crippen molar-refractivity contribution in [3.05, 3.63) is 47.5 Å². The molecule has 0 bridgehead atoms. The summed E-state index contributed by atoms with van der Waals surface area (Å²) in [5.74, 6) is -0.774. The number of hydrogen-bond acceptors (Lipinski definition) is 1. The van der Waals surface area contributed by atoms with Crippen LogP contribution in [0.4, 0.5) is 0 Å². The summed E-state index contributed by atoms with van der Waals surface area (Å²) in [7, 11) is 0. The molecule has 2 aromatic rings. The summed E-state index contributed by atoms with van der Waals surface area (Å²) < 4.78 is 0. The number of benzene rings is 2. The molecule has 0 aromatic heterocycles. The highest BCUT2D eigenvalue weighted by atomic mass is 16.4. The topological polar surface area (TPSA) is 37.3 Å². The first-order valence-electron chi connectivity index (χ1n) is 6.93. The fourth-order valence-corrected chi connectivity index (χ4v) is 2.44. The summed E-state index contributed by atoms with van der Waals surface area (Å²) in [4.78, 5) is 10.9. The zero-order valence-corrected chi connectivity index (χ0v) is 11.4. The van der Waals surface area contributed by atoms with Crippen LogP contribution in [0.1, 0.15) is 37.3 Å². The van der Waals surface area contributed by atoms with E-state index < -0.39 is 5.97 Å².